The zero-order valence-electron chi connectivity index (χ0n) is 13.1. The van der Waals surface area contributed by atoms with Gasteiger partial charge < -0.3 is 5.32 Å². The first-order chi connectivity index (χ1) is 9.70. The van der Waals surface area contributed by atoms with Crippen LogP contribution in [-0.4, -0.2) is 30.6 Å². The summed E-state index contributed by atoms with van der Waals surface area (Å²) in [4.78, 5) is 2.76. The van der Waals surface area contributed by atoms with Gasteiger partial charge in [-0.25, -0.2) is 0 Å². The van der Waals surface area contributed by atoms with Gasteiger partial charge in [-0.2, -0.15) is 0 Å². The van der Waals surface area contributed by atoms with Crippen LogP contribution < -0.4 is 5.32 Å². The van der Waals surface area contributed by atoms with Gasteiger partial charge in [-0.3, -0.25) is 4.90 Å². The summed E-state index contributed by atoms with van der Waals surface area (Å²) in [6.07, 6.45) is 5.40. The Balaban J connectivity index is 1.84. The molecule has 0 spiro atoms. The highest BCUT2D eigenvalue weighted by molar-refractivity contribution is 5.34. The molecule has 0 radical (unpaired) electrons. The molecule has 2 heteroatoms. The van der Waals surface area contributed by atoms with Crippen molar-refractivity contribution in [1.29, 1.82) is 0 Å². The smallest absolute Gasteiger partial charge is 0.0478 e. The predicted molar refractivity (Wildman–Crippen MR) is 84.9 cm³/mol. The fraction of sp³-hybridized carbons (Fsp3) is 0.667. The highest BCUT2D eigenvalue weighted by Crippen LogP contribution is 2.37. The molecule has 2 aliphatic carbocycles. The maximum absolute atomic E-state index is 3.60. The van der Waals surface area contributed by atoms with Crippen molar-refractivity contribution in [3.8, 4) is 0 Å². The number of benzene rings is 1. The average molecular weight is 272 g/mol. The Morgan fingerprint density at radius 1 is 1.20 bits per heavy atom. The summed E-state index contributed by atoms with van der Waals surface area (Å²) in [6, 6.07) is 10.8. The van der Waals surface area contributed by atoms with Gasteiger partial charge in [0.1, 0.15) is 0 Å². The highest BCUT2D eigenvalue weighted by atomic mass is 15.2. The minimum absolute atomic E-state index is 0.487. The summed E-state index contributed by atoms with van der Waals surface area (Å²) in [6.45, 7) is 6.01. The van der Waals surface area contributed by atoms with E-state index in [1.165, 1.54) is 37.8 Å². The molecule has 0 saturated heterocycles. The van der Waals surface area contributed by atoms with Crippen molar-refractivity contribution in [2.75, 3.05) is 13.6 Å². The summed E-state index contributed by atoms with van der Waals surface area (Å²) in [5, 5.41) is 3.60. The lowest BCUT2D eigenvalue weighted by Gasteiger charge is -2.43. The van der Waals surface area contributed by atoms with Crippen LogP contribution in [0.2, 0.25) is 0 Å². The Morgan fingerprint density at radius 3 is 2.60 bits per heavy atom. The summed E-state index contributed by atoms with van der Waals surface area (Å²) >= 11 is 0. The van der Waals surface area contributed by atoms with Crippen LogP contribution >= 0.6 is 0 Å². The quantitative estimate of drug-likeness (QED) is 0.884. The monoisotopic (exact) mass is 272 g/mol. The van der Waals surface area contributed by atoms with E-state index < -0.39 is 0 Å². The number of aryl methyl sites for hydroxylation is 1. The number of fused-ring (bicyclic) bond motifs is 1. The number of nitrogens with one attached hydrogen (secondary N) is 1. The van der Waals surface area contributed by atoms with Gasteiger partial charge in [-0.15, -0.1) is 0 Å². The van der Waals surface area contributed by atoms with Crippen LogP contribution in [0.25, 0.3) is 0 Å². The first-order valence-electron chi connectivity index (χ1n) is 8.21. The Kier molecular flexibility index (Phi) is 4.13. The number of nitrogens with zero attached hydrogens (tertiary/aromatic N) is 1. The van der Waals surface area contributed by atoms with Crippen LogP contribution in [0.1, 0.15) is 50.3 Å². The lowest BCUT2D eigenvalue weighted by atomic mass is 9.82. The number of likely N-dealkylation sites (N-methyl/N-ethyl adjacent to an activating group) is 1. The third-order valence-electron chi connectivity index (χ3n) is 5.05. The third kappa shape index (κ3) is 2.77. The van der Waals surface area contributed by atoms with Crippen molar-refractivity contribution in [3.05, 3.63) is 35.4 Å². The zero-order valence-corrected chi connectivity index (χ0v) is 13.1. The Morgan fingerprint density at radius 2 is 1.95 bits per heavy atom. The van der Waals surface area contributed by atoms with Gasteiger partial charge in [0, 0.05) is 24.7 Å². The van der Waals surface area contributed by atoms with Gasteiger partial charge in [0.05, 0.1) is 0 Å². The molecule has 0 amide bonds. The molecule has 1 saturated carbocycles. The molecule has 0 aliphatic heterocycles. The maximum Gasteiger partial charge on any atom is 0.0478 e. The van der Waals surface area contributed by atoms with Gasteiger partial charge in [-0.1, -0.05) is 24.3 Å². The van der Waals surface area contributed by atoms with Gasteiger partial charge in [-0.05, 0) is 63.6 Å². The van der Waals surface area contributed by atoms with E-state index in [4.69, 9.17) is 0 Å². The molecule has 3 rings (SSSR count). The van der Waals surface area contributed by atoms with E-state index in [0.717, 1.165) is 5.92 Å². The minimum Gasteiger partial charge on any atom is -0.312 e. The molecule has 1 N–H and O–H groups in total. The van der Waals surface area contributed by atoms with E-state index in [2.05, 4.69) is 55.4 Å². The van der Waals surface area contributed by atoms with Gasteiger partial charge in [0.25, 0.3) is 0 Å². The second kappa shape index (κ2) is 5.87. The molecule has 1 aromatic rings. The molecule has 2 aliphatic rings. The molecule has 0 aromatic heterocycles. The Bertz CT molecular complexity index is 450. The molecule has 1 aromatic carbocycles. The van der Waals surface area contributed by atoms with Gasteiger partial charge in [0.2, 0.25) is 0 Å². The first kappa shape index (κ1) is 14.1. The van der Waals surface area contributed by atoms with Crippen molar-refractivity contribution >= 4 is 0 Å². The third-order valence-corrected chi connectivity index (χ3v) is 5.05. The first-order valence-corrected chi connectivity index (χ1v) is 8.21. The van der Waals surface area contributed by atoms with Crippen LogP contribution in [0.4, 0.5) is 0 Å². The van der Waals surface area contributed by atoms with E-state index in [0.29, 0.717) is 18.1 Å². The van der Waals surface area contributed by atoms with Crippen LogP contribution in [0.3, 0.4) is 0 Å². The van der Waals surface area contributed by atoms with E-state index >= 15 is 0 Å². The number of hydrogen-bond acceptors (Lipinski definition) is 2. The average Bonchev–Trinajstić information content (AvgIpc) is 3.27. The summed E-state index contributed by atoms with van der Waals surface area (Å²) in [7, 11) is 2.12. The largest absolute Gasteiger partial charge is 0.312 e. The molecular weight excluding hydrogens is 244 g/mol. The van der Waals surface area contributed by atoms with Crippen molar-refractivity contribution in [2.45, 2.75) is 57.7 Å². The topological polar surface area (TPSA) is 15.3 Å². The van der Waals surface area contributed by atoms with Crippen molar-refractivity contribution in [2.24, 2.45) is 5.92 Å². The molecule has 20 heavy (non-hydrogen) atoms. The van der Waals surface area contributed by atoms with Gasteiger partial charge >= 0.3 is 0 Å². The van der Waals surface area contributed by atoms with E-state index in [1.807, 2.05) is 0 Å². The summed E-state index contributed by atoms with van der Waals surface area (Å²) < 4.78 is 0. The van der Waals surface area contributed by atoms with Crippen molar-refractivity contribution in [3.63, 3.8) is 0 Å². The van der Waals surface area contributed by atoms with E-state index in [9.17, 15) is 0 Å². The fourth-order valence-corrected chi connectivity index (χ4v) is 3.78. The molecule has 2 nitrogen and oxygen atoms in total. The maximum atomic E-state index is 3.60. The molecule has 2 unspecified atom stereocenters. The van der Waals surface area contributed by atoms with Crippen LogP contribution in [0.15, 0.2) is 24.3 Å². The SMILES string of the molecule is CNC1c2ccccc2CCC1N(CC1CC1)C(C)C. The molecule has 0 heterocycles. The molecule has 2 atom stereocenters. The molecular formula is C18H28N2. The molecule has 1 fully saturated rings. The molecule has 0 bridgehead atoms. The zero-order chi connectivity index (χ0) is 14.1. The lowest BCUT2D eigenvalue weighted by Crippen LogP contribution is -2.50. The minimum atomic E-state index is 0.487. The highest BCUT2D eigenvalue weighted by Gasteiger charge is 2.36. The van der Waals surface area contributed by atoms with E-state index in [-0.39, 0.29) is 0 Å². The predicted octanol–water partition coefficient (Wildman–Crippen LogP) is 3.38. The van der Waals surface area contributed by atoms with E-state index in [1.54, 1.807) is 5.56 Å². The number of rotatable bonds is 5. The Hall–Kier alpha value is -0.860. The standard InChI is InChI=1S/C18H28N2/c1-13(2)20(12-14-8-9-14)17-11-10-15-6-4-5-7-16(15)18(17)19-3/h4-7,13-14,17-19H,8-12H2,1-3H3. The Labute approximate surface area is 123 Å². The fourth-order valence-electron chi connectivity index (χ4n) is 3.78. The van der Waals surface area contributed by atoms with Crippen molar-refractivity contribution < 1.29 is 0 Å². The normalized spacial score (nSPS) is 26.1. The summed E-state index contributed by atoms with van der Waals surface area (Å²) in [5.74, 6) is 0.965. The van der Waals surface area contributed by atoms with Crippen LogP contribution in [-0.2, 0) is 6.42 Å². The molecule has 110 valence electrons. The second-order valence-electron chi connectivity index (χ2n) is 6.81. The van der Waals surface area contributed by atoms with Gasteiger partial charge in [0.15, 0.2) is 0 Å². The van der Waals surface area contributed by atoms with Crippen molar-refractivity contribution in [1.82, 2.24) is 10.2 Å². The van der Waals surface area contributed by atoms with Crippen LogP contribution in [0, 0.1) is 5.92 Å². The van der Waals surface area contributed by atoms with Crippen LogP contribution in [0.5, 0.6) is 0 Å². The lowest BCUT2D eigenvalue weighted by molar-refractivity contribution is 0.103. The summed E-state index contributed by atoms with van der Waals surface area (Å²) in [5.41, 5.74) is 3.06. The number of hydrogen-bond donors (Lipinski definition) is 1. The second-order valence-corrected chi connectivity index (χ2v) is 6.81.